The summed E-state index contributed by atoms with van der Waals surface area (Å²) < 4.78 is 7.59. The molecule has 0 amide bonds. The van der Waals surface area contributed by atoms with Crippen molar-refractivity contribution in [1.82, 2.24) is 20.0 Å². The molecule has 154 valence electrons. The number of hydrogen-bond donors (Lipinski definition) is 1. The molecular formula is C22H35N5O. The van der Waals surface area contributed by atoms with Crippen LogP contribution in [0.25, 0.3) is 0 Å². The van der Waals surface area contributed by atoms with E-state index in [1.54, 1.807) is 0 Å². The van der Waals surface area contributed by atoms with Crippen LogP contribution in [0, 0.1) is 0 Å². The van der Waals surface area contributed by atoms with Gasteiger partial charge < -0.3 is 15.0 Å². The second kappa shape index (κ2) is 10.2. The number of benzene rings is 1. The topological polar surface area (TPSA) is 54.7 Å². The number of hydrogen-bond acceptors (Lipinski definition) is 3. The van der Waals surface area contributed by atoms with Gasteiger partial charge in [0.05, 0.1) is 11.8 Å². The zero-order valence-corrected chi connectivity index (χ0v) is 18.4. The van der Waals surface area contributed by atoms with Crippen molar-refractivity contribution in [2.75, 3.05) is 20.6 Å². The van der Waals surface area contributed by atoms with Gasteiger partial charge in [0.2, 0.25) is 0 Å². The highest BCUT2D eigenvalue weighted by atomic mass is 16.5. The molecule has 0 radical (unpaired) electrons. The van der Waals surface area contributed by atoms with E-state index < -0.39 is 0 Å². The fourth-order valence-corrected chi connectivity index (χ4v) is 3.20. The first kappa shape index (κ1) is 21.8. The number of nitrogens with one attached hydrogen (secondary N) is 1. The van der Waals surface area contributed by atoms with Gasteiger partial charge in [-0.15, -0.1) is 0 Å². The minimum atomic E-state index is 0.197. The molecule has 0 fully saturated rings. The van der Waals surface area contributed by atoms with Gasteiger partial charge in [-0.1, -0.05) is 26.0 Å². The van der Waals surface area contributed by atoms with Crippen LogP contribution in [0.3, 0.4) is 0 Å². The van der Waals surface area contributed by atoms with Crippen LogP contribution in [-0.2, 0) is 20.0 Å². The van der Waals surface area contributed by atoms with Crippen molar-refractivity contribution in [1.29, 1.82) is 0 Å². The predicted molar refractivity (Wildman–Crippen MR) is 116 cm³/mol. The Balaban J connectivity index is 1.88. The van der Waals surface area contributed by atoms with E-state index in [-0.39, 0.29) is 6.10 Å². The average Bonchev–Trinajstić information content (AvgIpc) is 3.00. The van der Waals surface area contributed by atoms with Crippen LogP contribution in [0.2, 0.25) is 0 Å². The molecule has 0 aliphatic heterocycles. The SMILES string of the molecule is CN=C(NCCc1ccc(OC(C)C)cc1)N(C)Cc1cn(C)nc1C(C)C. The molecule has 1 N–H and O–H groups in total. The lowest BCUT2D eigenvalue weighted by Gasteiger charge is -2.22. The zero-order valence-electron chi connectivity index (χ0n) is 18.4. The molecule has 0 bridgehead atoms. The number of rotatable bonds is 8. The highest BCUT2D eigenvalue weighted by Gasteiger charge is 2.15. The summed E-state index contributed by atoms with van der Waals surface area (Å²) in [6.45, 7) is 10.0. The quantitative estimate of drug-likeness (QED) is 0.557. The lowest BCUT2D eigenvalue weighted by molar-refractivity contribution is 0.242. The molecule has 1 aromatic carbocycles. The first-order valence-corrected chi connectivity index (χ1v) is 10.00. The van der Waals surface area contributed by atoms with E-state index in [0.717, 1.165) is 36.9 Å². The summed E-state index contributed by atoms with van der Waals surface area (Å²) in [6, 6.07) is 8.31. The molecule has 2 rings (SSSR count). The van der Waals surface area contributed by atoms with E-state index in [1.165, 1.54) is 11.1 Å². The maximum atomic E-state index is 5.70. The molecule has 0 saturated carbocycles. The van der Waals surface area contributed by atoms with Crippen LogP contribution in [0.1, 0.15) is 50.4 Å². The average molecular weight is 386 g/mol. The summed E-state index contributed by atoms with van der Waals surface area (Å²) in [6.07, 6.45) is 3.22. The van der Waals surface area contributed by atoms with Crippen molar-refractivity contribution >= 4 is 5.96 Å². The highest BCUT2D eigenvalue weighted by molar-refractivity contribution is 5.79. The van der Waals surface area contributed by atoms with Crippen LogP contribution in [0.5, 0.6) is 5.75 Å². The van der Waals surface area contributed by atoms with E-state index in [4.69, 9.17) is 4.74 Å². The largest absolute Gasteiger partial charge is 0.491 e. The fraction of sp³-hybridized carbons (Fsp3) is 0.545. The van der Waals surface area contributed by atoms with Crippen LogP contribution in [-0.4, -0.2) is 47.4 Å². The third kappa shape index (κ3) is 6.29. The monoisotopic (exact) mass is 385 g/mol. The molecule has 0 aliphatic carbocycles. The number of nitrogens with zero attached hydrogens (tertiary/aromatic N) is 4. The van der Waals surface area contributed by atoms with Crippen molar-refractivity contribution in [2.45, 2.75) is 52.7 Å². The van der Waals surface area contributed by atoms with Gasteiger partial charge >= 0.3 is 0 Å². The predicted octanol–water partition coefficient (Wildman–Crippen LogP) is 3.58. The molecular weight excluding hydrogens is 350 g/mol. The standard InChI is InChI=1S/C22H35N5O/c1-16(2)21-19(15-27(7)25-21)14-26(6)22(23-5)24-13-12-18-8-10-20(11-9-18)28-17(3)4/h8-11,15-17H,12-14H2,1-7H3,(H,23,24). The molecule has 6 heteroatoms. The minimum Gasteiger partial charge on any atom is -0.491 e. The Morgan fingerprint density at radius 1 is 1.21 bits per heavy atom. The van der Waals surface area contributed by atoms with E-state index in [2.05, 4.69) is 59.5 Å². The first-order chi connectivity index (χ1) is 13.3. The number of aliphatic imine (C=N–C) groups is 1. The molecule has 0 aliphatic rings. The highest BCUT2D eigenvalue weighted by Crippen LogP contribution is 2.18. The molecule has 6 nitrogen and oxygen atoms in total. The minimum absolute atomic E-state index is 0.197. The molecule has 2 aromatic rings. The van der Waals surface area contributed by atoms with E-state index in [0.29, 0.717) is 5.92 Å². The third-order valence-corrected chi connectivity index (χ3v) is 4.46. The Bertz CT molecular complexity index is 762. The summed E-state index contributed by atoms with van der Waals surface area (Å²) in [5.74, 6) is 2.21. The number of aryl methyl sites for hydroxylation is 1. The van der Waals surface area contributed by atoms with Crippen LogP contribution in [0.4, 0.5) is 0 Å². The van der Waals surface area contributed by atoms with Crippen molar-refractivity contribution in [3.8, 4) is 5.75 Å². The van der Waals surface area contributed by atoms with Gasteiger partial charge in [-0.2, -0.15) is 5.10 Å². The Labute approximate surface area is 169 Å². The maximum Gasteiger partial charge on any atom is 0.193 e. The number of guanidine groups is 1. The normalized spacial score (nSPS) is 12.0. The van der Waals surface area contributed by atoms with Gasteiger partial charge in [-0.3, -0.25) is 9.67 Å². The van der Waals surface area contributed by atoms with Crippen molar-refractivity contribution in [2.24, 2.45) is 12.0 Å². The van der Waals surface area contributed by atoms with Crippen LogP contribution < -0.4 is 10.1 Å². The summed E-state index contributed by atoms with van der Waals surface area (Å²) >= 11 is 0. The third-order valence-electron chi connectivity index (χ3n) is 4.46. The molecule has 0 saturated heterocycles. The lowest BCUT2D eigenvalue weighted by Crippen LogP contribution is -2.39. The van der Waals surface area contributed by atoms with Gasteiger partial charge in [0.25, 0.3) is 0 Å². The molecule has 0 spiro atoms. The molecule has 1 heterocycles. The van der Waals surface area contributed by atoms with Gasteiger partial charge in [0, 0.05) is 46.0 Å². The summed E-state index contributed by atoms with van der Waals surface area (Å²) in [4.78, 5) is 6.57. The number of aromatic nitrogens is 2. The van der Waals surface area contributed by atoms with Crippen LogP contribution >= 0.6 is 0 Å². The lowest BCUT2D eigenvalue weighted by atomic mass is 10.1. The van der Waals surface area contributed by atoms with Crippen LogP contribution in [0.15, 0.2) is 35.5 Å². The van der Waals surface area contributed by atoms with Gasteiger partial charge in [-0.05, 0) is 43.9 Å². The summed E-state index contributed by atoms with van der Waals surface area (Å²) in [7, 11) is 5.86. The second-order valence-corrected chi connectivity index (χ2v) is 7.76. The maximum absolute atomic E-state index is 5.70. The van der Waals surface area contributed by atoms with E-state index >= 15 is 0 Å². The summed E-state index contributed by atoms with van der Waals surface area (Å²) in [5, 5.41) is 8.05. The van der Waals surface area contributed by atoms with Crippen molar-refractivity contribution < 1.29 is 4.74 Å². The summed E-state index contributed by atoms with van der Waals surface area (Å²) in [5.41, 5.74) is 3.66. The smallest absolute Gasteiger partial charge is 0.193 e. The Morgan fingerprint density at radius 3 is 2.46 bits per heavy atom. The Kier molecular flexibility index (Phi) is 7.91. The first-order valence-electron chi connectivity index (χ1n) is 10.00. The van der Waals surface area contributed by atoms with Gasteiger partial charge in [-0.25, -0.2) is 0 Å². The zero-order chi connectivity index (χ0) is 20.7. The molecule has 28 heavy (non-hydrogen) atoms. The van der Waals surface area contributed by atoms with Gasteiger partial charge in [0.15, 0.2) is 5.96 Å². The Morgan fingerprint density at radius 2 is 1.89 bits per heavy atom. The molecule has 0 atom stereocenters. The molecule has 0 unspecified atom stereocenters. The molecule has 1 aromatic heterocycles. The van der Waals surface area contributed by atoms with Crippen molar-refractivity contribution in [3.05, 3.63) is 47.3 Å². The van der Waals surface area contributed by atoms with Gasteiger partial charge in [0.1, 0.15) is 5.75 Å². The second-order valence-electron chi connectivity index (χ2n) is 7.76. The van der Waals surface area contributed by atoms with E-state index in [9.17, 15) is 0 Å². The Hall–Kier alpha value is -2.50. The fourth-order valence-electron chi connectivity index (χ4n) is 3.20. The van der Waals surface area contributed by atoms with Crippen molar-refractivity contribution in [3.63, 3.8) is 0 Å². The van der Waals surface area contributed by atoms with E-state index in [1.807, 2.05) is 44.8 Å². The number of ether oxygens (including phenoxy) is 1.